The fraction of sp³-hybridized carbons (Fsp3) is 0.476. The SMILES string of the molecule is Cc1cc(C(=O)CCCCc2ccccc2)sc1CCC(C)(N)CO. The van der Waals surface area contributed by atoms with E-state index in [0.717, 1.165) is 42.5 Å². The molecule has 0 fully saturated rings. The van der Waals surface area contributed by atoms with Crippen LogP contribution in [0.25, 0.3) is 0 Å². The van der Waals surface area contributed by atoms with Gasteiger partial charge < -0.3 is 10.8 Å². The van der Waals surface area contributed by atoms with Crippen LogP contribution in [0.5, 0.6) is 0 Å². The van der Waals surface area contributed by atoms with Crippen LogP contribution in [0.1, 0.15) is 58.3 Å². The summed E-state index contributed by atoms with van der Waals surface area (Å²) in [6, 6.07) is 12.4. The highest BCUT2D eigenvalue weighted by atomic mass is 32.1. The maximum absolute atomic E-state index is 12.4. The van der Waals surface area contributed by atoms with Crippen molar-refractivity contribution >= 4 is 17.1 Å². The van der Waals surface area contributed by atoms with E-state index in [1.807, 2.05) is 26.0 Å². The largest absolute Gasteiger partial charge is 0.394 e. The highest BCUT2D eigenvalue weighted by Crippen LogP contribution is 2.26. The van der Waals surface area contributed by atoms with Crippen LogP contribution < -0.4 is 5.73 Å². The van der Waals surface area contributed by atoms with Gasteiger partial charge >= 0.3 is 0 Å². The molecular weight excluding hydrogens is 330 g/mol. The molecular formula is C21H29NO2S. The normalized spacial score (nSPS) is 13.6. The van der Waals surface area contributed by atoms with Gasteiger partial charge in [-0.2, -0.15) is 0 Å². The summed E-state index contributed by atoms with van der Waals surface area (Å²) in [4.78, 5) is 14.5. The number of thiophene rings is 1. The number of hydrogen-bond donors (Lipinski definition) is 2. The van der Waals surface area contributed by atoms with Gasteiger partial charge in [-0.15, -0.1) is 11.3 Å². The number of rotatable bonds is 10. The first-order valence-corrected chi connectivity index (χ1v) is 9.79. The lowest BCUT2D eigenvalue weighted by Gasteiger charge is -2.21. The Morgan fingerprint density at radius 2 is 1.92 bits per heavy atom. The van der Waals surface area contributed by atoms with E-state index in [1.165, 1.54) is 10.4 Å². The Morgan fingerprint density at radius 1 is 1.20 bits per heavy atom. The number of benzene rings is 1. The summed E-state index contributed by atoms with van der Waals surface area (Å²) < 4.78 is 0. The smallest absolute Gasteiger partial charge is 0.172 e. The summed E-state index contributed by atoms with van der Waals surface area (Å²) in [5.41, 5.74) is 7.93. The zero-order valence-electron chi connectivity index (χ0n) is 15.3. The van der Waals surface area contributed by atoms with Gasteiger partial charge in [0.15, 0.2) is 5.78 Å². The minimum atomic E-state index is -0.557. The summed E-state index contributed by atoms with van der Waals surface area (Å²) in [6.45, 7) is 3.88. The van der Waals surface area contributed by atoms with Gasteiger partial charge in [0.1, 0.15) is 0 Å². The number of carbonyl (C=O) groups is 1. The van der Waals surface area contributed by atoms with Gasteiger partial charge in [-0.1, -0.05) is 30.3 Å². The maximum atomic E-state index is 12.4. The van der Waals surface area contributed by atoms with Crippen LogP contribution in [0.4, 0.5) is 0 Å². The number of aliphatic hydroxyl groups is 1. The molecule has 3 nitrogen and oxygen atoms in total. The van der Waals surface area contributed by atoms with Gasteiger partial charge in [0.2, 0.25) is 0 Å². The van der Waals surface area contributed by atoms with E-state index in [1.54, 1.807) is 11.3 Å². The van der Waals surface area contributed by atoms with Gasteiger partial charge in [0.25, 0.3) is 0 Å². The first-order chi connectivity index (χ1) is 11.9. The average Bonchev–Trinajstić information content (AvgIpc) is 2.99. The fourth-order valence-corrected chi connectivity index (χ4v) is 3.91. The molecule has 2 aromatic rings. The Hall–Kier alpha value is -1.49. The van der Waals surface area contributed by atoms with E-state index in [2.05, 4.69) is 24.3 Å². The summed E-state index contributed by atoms with van der Waals surface area (Å²) in [5.74, 6) is 0.241. The number of unbranched alkanes of at least 4 members (excludes halogenated alkanes) is 1. The number of aliphatic hydroxyl groups excluding tert-OH is 1. The van der Waals surface area contributed by atoms with Crippen molar-refractivity contribution in [2.75, 3.05) is 6.61 Å². The number of carbonyl (C=O) groups excluding carboxylic acids is 1. The van der Waals surface area contributed by atoms with Crippen molar-refractivity contribution in [3.8, 4) is 0 Å². The van der Waals surface area contributed by atoms with Crippen LogP contribution in [0.15, 0.2) is 36.4 Å². The molecule has 0 aliphatic rings. The molecule has 0 aliphatic heterocycles. The second-order valence-corrected chi connectivity index (χ2v) is 8.28. The lowest BCUT2D eigenvalue weighted by Crippen LogP contribution is -2.40. The van der Waals surface area contributed by atoms with E-state index in [0.29, 0.717) is 6.42 Å². The van der Waals surface area contributed by atoms with Crippen LogP contribution >= 0.6 is 11.3 Å². The number of Topliss-reactive ketones (excluding diaryl/α,β-unsaturated/α-hetero) is 1. The molecule has 0 radical (unpaired) electrons. The van der Waals surface area contributed by atoms with Crippen molar-refractivity contribution in [3.63, 3.8) is 0 Å². The van der Waals surface area contributed by atoms with Gasteiger partial charge in [0.05, 0.1) is 11.5 Å². The Bertz CT molecular complexity index is 676. The highest BCUT2D eigenvalue weighted by molar-refractivity contribution is 7.14. The lowest BCUT2D eigenvalue weighted by atomic mass is 9.97. The summed E-state index contributed by atoms with van der Waals surface area (Å²) in [6.07, 6.45) is 5.12. The minimum absolute atomic E-state index is 0.0232. The average molecular weight is 360 g/mol. The Balaban J connectivity index is 1.80. The molecule has 1 heterocycles. The van der Waals surface area contributed by atoms with Gasteiger partial charge in [-0.3, -0.25) is 4.79 Å². The minimum Gasteiger partial charge on any atom is -0.394 e. The van der Waals surface area contributed by atoms with E-state index in [9.17, 15) is 9.90 Å². The molecule has 0 saturated heterocycles. The Morgan fingerprint density at radius 3 is 2.60 bits per heavy atom. The summed E-state index contributed by atoms with van der Waals surface area (Å²) >= 11 is 1.59. The molecule has 0 spiro atoms. The highest BCUT2D eigenvalue weighted by Gasteiger charge is 2.19. The van der Waals surface area contributed by atoms with Crippen molar-refractivity contribution in [2.24, 2.45) is 5.73 Å². The molecule has 0 aliphatic carbocycles. The number of nitrogens with two attached hydrogens (primary N) is 1. The maximum Gasteiger partial charge on any atom is 0.172 e. The molecule has 1 aromatic heterocycles. The van der Waals surface area contributed by atoms with Crippen LogP contribution in [0.3, 0.4) is 0 Å². The fourth-order valence-electron chi connectivity index (χ4n) is 2.77. The molecule has 1 aromatic carbocycles. The zero-order valence-corrected chi connectivity index (χ0v) is 16.1. The summed E-state index contributed by atoms with van der Waals surface area (Å²) in [5, 5.41) is 9.26. The monoisotopic (exact) mass is 359 g/mol. The van der Waals surface area contributed by atoms with Gasteiger partial charge in [0, 0.05) is 16.8 Å². The molecule has 2 rings (SSSR count). The topological polar surface area (TPSA) is 63.3 Å². The number of ketones is 1. The molecule has 3 N–H and O–H groups in total. The molecule has 4 heteroatoms. The van der Waals surface area contributed by atoms with Crippen molar-refractivity contribution in [3.05, 3.63) is 57.3 Å². The Labute approximate surface area is 154 Å². The van der Waals surface area contributed by atoms with Gasteiger partial charge in [-0.25, -0.2) is 0 Å². The third-order valence-electron chi connectivity index (χ3n) is 4.54. The van der Waals surface area contributed by atoms with Crippen LogP contribution in [-0.2, 0) is 12.8 Å². The van der Waals surface area contributed by atoms with E-state index in [-0.39, 0.29) is 12.4 Å². The molecule has 1 unspecified atom stereocenters. The third-order valence-corrected chi connectivity index (χ3v) is 5.88. The first kappa shape index (κ1) is 19.8. The predicted octanol–water partition coefficient (Wildman–Crippen LogP) is 4.29. The van der Waals surface area contributed by atoms with Crippen LogP contribution in [0.2, 0.25) is 0 Å². The molecule has 0 bridgehead atoms. The molecule has 1 atom stereocenters. The van der Waals surface area contributed by atoms with Crippen LogP contribution in [0, 0.1) is 6.92 Å². The van der Waals surface area contributed by atoms with Crippen molar-refractivity contribution in [1.29, 1.82) is 0 Å². The zero-order chi connectivity index (χ0) is 18.3. The number of hydrogen-bond acceptors (Lipinski definition) is 4. The van der Waals surface area contributed by atoms with Gasteiger partial charge in [-0.05, 0) is 63.1 Å². The number of aryl methyl sites for hydroxylation is 3. The quantitative estimate of drug-likeness (QED) is 0.491. The van der Waals surface area contributed by atoms with Crippen LogP contribution in [-0.4, -0.2) is 23.0 Å². The van der Waals surface area contributed by atoms with E-state index >= 15 is 0 Å². The van der Waals surface area contributed by atoms with Crippen molar-refractivity contribution < 1.29 is 9.90 Å². The molecule has 25 heavy (non-hydrogen) atoms. The third kappa shape index (κ3) is 6.38. The lowest BCUT2D eigenvalue weighted by molar-refractivity contribution is 0.0983. The Kier molecular flexibility index (Phi) is 7.36. The first-order valence-electron chi connectivity index (χ1n) is 8.97. The molecule has 0 saturated carbocycles. The van der Waals surface area contributed by atoms with Crippen molar-refractivity contribution in [1.82, 2.24) is 0 Å². The molecule has 136 valence electrons. The van der Waals surface area contributed by atoms with E-state index in [4.69, 9.17) is 5.73 Å². The predicted molar refractivity (Wildman–Crippen MR) is 105 cm³/mol. The van der Waals surface area contributed by atoms with Crippen molar-refractivity contribution in [2.45, 2.75) is 57.9 Å². The standard InChI is InChI=1S/C21H29NO2S/c1-16-14-20(25-19(16)12-13-21(2,22)15-23)18(24)11-7-6-10-17-8-4-3-5-9-17/h3-5,8-9,14,23H,6-7,10-13,15,22H2,1-2H3. The second kappa shape index (κ2) is 9.27. The second-order valence-electron chi connectivity index (χ2n) is 7.14. The summed E-state index contributed by atoms with van der Waals surface area (Å²) in [7, 11) is 0. The van der Waals surface area contributed by atoms with E-state index < -0.39 is 5.54 Å². The molecule has 0 amide bonds.